The van der Waals surface area contributed by atoms with Crippen LogP contribution in [0, 0.1) is 0 Å². The number of halogens is 2. The van der Waals surface area contributed by atoms with Crippen LogP contribution in [0.4, 0.5) is 9.18 Å². The molecule has 1 atom stereocenters. The van der Waals surface area contributed by atoms with E-state index in [0.29, 0.717) is 33.9 Å². The molecule has 0 aliphatic rings. The van der Waals surface area contributed by atoms with Gasteiger partial charge in [0.1, 0.15) is 30.0 Å². The van der Waals surface area contributed by atoms with E-state index in [1.807, 2.05) is 36.4 Å². The van der Waals surface area contributed by atoms with E-state index in [2.05, 4.69) is 21.2 Å². The van der Waals surface area contributed by atoms with E-state index in [9.17, 15) is 9.18 Å². The van der Waals surface area contributed by atoms with Gasteiger partial charge in [-0.1, -0.05) is 42.5 Å². The summed E-state index contributed by atoms with van der Waals surface area (Å²) in [5.41, 5.74) is 1.73. The number of hydrogen-bond donors (Lipinski definition) is 2. The number of carboxylic acid groups (broad SMARTS) is 1. The Hall–Kier alpha value is -3.26. The van der Waals surface area contributed by atoms with Crippen molar-refractivity contribution < 1.29 is 28.5 Å². The smallest absolute Gasteiger partial charge is 0.404 e. The third-order valence-corrected chi connectivity index (χ3v) is 4.99. The van der Waals surface area contributed by atoms with E-state index < -0.39 is 19.1 Å². The van der Waals surface area contributed by atoms with Gasteiger partial charge in [0.2, 0.25) is 6.86 Å². The van der Waals surface area contributed by atoms with Gasteiger partial charge in [-0.3, -0.25) is 0 Å². The van der Waals surface area contributed by atoms with E-state index in [1.165, 1.54) is 0 Å². The van der Waals surface area contributed by atoms with Gasteiger partial charge in [-0.2, -0.15) is 0 Å². The number of carbonyl (C=O) groups is 1. The van der Waals surface area contributed by atoms with E-state index in [4.69, 9.17) is 19.3 Å². The highest BCUT2D eigenvalue weighted by Gasteiger charge is 2.17. The zero-order valence-corrected chi connectivity index (χ0v) is 18.0. The van der Waals surface area contributed by atoms with Crippen molar-refractivity contribution in [1.82, 2.24) is 5.32 Å². The van der Waals surface area contributed by atoms with Crippen LogP contribution in [0.1, 0.15) is 17.2 Å². The van der Waals surface area contributed by atoms with Crippen LogP contribution in [-0.2, 0) is 6.61 Å². The first-order valence-electron chi connectivity index (χ1n) is 9.43. The molecular formula is C23H21BrFNO5. The summed E-state index contributed by atoms with van der Waals surface area (Å²) in [4.78, 5) is 11.0. The Morgan fingerprint density at radius 2 is 1.71 bits per heavy atom. The van der Waals surface area contributed by atoms with Crippen molar-refractivity contribution in [2.75, 3.05) is 13.4 Å². The molecule has 6 nitrogen and oxygen atoms in total. The Balaban J connectivity index is 1.76. The Morgan fingerprint density at radius 1 is 1.00 bits per heavy atom. The quantitative estimate of drug-likeness (QED) is 0.380. The predicted molar refractivity (Wildman–Crippen MR) is 117 cm³/mol. The van der Waals surface area contributed by atoms with E-state index in [1.54, 1.807) is 36.4 Å². The number of hydrogen-bond acceptors (Lipinski definition) is 4. The van der Waals surface area contributed by atoms with Crippen molar-refractivity contribution >= 4 is 22.0 Å². The van der Waals surface area contributed by atoms with Gasteiger partial charge >= 0.3 is 6.09 Å². The van der Waals surface area contributed by atoms with Crippen LogP contribution in [0.3, 0.4) is 0 Å². The number of rotatable bonds is 10. The standard InChI is InChI=1S/C23H21BrFNO5/c24-20-11-10-19(29-14-16-4-2-1-3-5-16)12-21(20)31-22(13-26-23(27)28)17-6-8-18(9-7-17)30-15-25/h1-12,22,26H,13-15H2,(H,27,28)/t22-/m0/s1. The topological polar surface area (TPSA) is 77.0 Å². The van der Waals surface area contributed by atoms with Crippen LogP contribution >= 0.6 is 15.9 Å². The van der Waals surface area contributed by atoms with Gasteiger partial charge in [0.25, 0.3) is 0 Å². The van der Waals surface area contributed by atoms with E-state index in [-0.39, 0.29) is 6.54 Å². The van der Waals surface area contributed by atoms with Gasteiger partial charge in [-0.05, 0) is 51.3 Å². The van der Waals surface area contributed by atoms with Crippen molar-refractivity contribution in [3.8, 4) is 17.2 Å². The van der Waals surface area contributed by atoms with E-state index >= 15 is 0 Å². The monoisotopic (exact) mass is 489 g/mol. The van der Waals surface area contributed by atoms with Crippen molar-refractivity contribution in [2.45, 2.75) is 12.7 Å². The van der Waals surface area contributed by atoms with Crippen LogP contribution in [0.2, 0.25) is 0 Å². The lowest BCUT2D eigenvalue weighted by Crippen LogP contribution is -2.29. The van der Waals surface area contributed by atoms with Crippen LogP contribution in [-0.4, -0.2) is 24.6 Å². The van der Waals surface area contributed by atoms with Gasteiger partial charge in [-0.25, -0.2) is 9.18 Å². The Morgan fingerprint density at radius 3 is 2.39 bits per heavy atom. The molecule has 162 valence electrons. The molecule has 0 spiro atoms. The minimum absolute atomic E-state index is 0.0141. The number of benzene rings is 3. The van der Waals surface area contributed by atoms with Gasteiger partial charge in [0.05, 0.1) is 11.0 Å². The van der Waals surface area contributed by atoms with Crippen molar-refractivity contribution in [3.63, 3.8) is 0 Å². The molecule has 1 amide bonds. The largest absolute Gasteiger partial charge is 0.489 e. The van der Waals surface area contributed by atoms with E-state index in [0.717, 1.165) is 5.56 Å². The van der Waals surface area contributed by atoms with Crippen molar-refractivity contribution in [3.05, 3.63) is 88.4 Å². The third kappa shape index (κ3) is 6.89. The molecule has 3 rings (SSSR count). The molecule has 0 aliphatic heterocycles. The molecule has 0 fully saturated rings. The molecule has 0 aromatic heterocycles. The van der Waals surface area contributed by atoms with Gasteiger partial charge in [-0.15, -0.1) is 0 Å². The first-order valence-corrected chi connectivity index (χ1v) is 10.2. The molecule has 0 saturated heterocycles. The van der Waals surface area contributed by atoms with Crippen LogP contribution < -0.4 is 19.5 Å². The zero-order valence-electron chi connectivity index (χ0n) is 16.5. The van der Waals surface area contributed by atoms with Gasteiger partial charge in [0, 0.05) is 6.07 Å². The van der Waals surface area contributed by atoms with Gasteiger partial charge < -0.3 is 24.6 Å². The molecule has 0 saturated carbocycles. The highest BCUT2D eigenvalue weighted by Crippen LogP contribution is 2.33. The fourth-order valence-electron chi connectivity index (χ4n) is 2.81. The Kier molecular flexibility index (Phi) is 8.12. The molecule has 0 heterocycles. The molecule has 8 heteroatoms. The molecule has 0 bridgehead atoms. The fraction of sp³-hybridized carbons (Fsp3) is 0.174. The lowest BCUT2D eigenvalue weighted by Gasteiger charge is -2.21. The number of amides is 1. The second kappa shape index (κ2) is 11.2. The molecule has 3 aromatic rings. The Labute approximate surface area is 187 Å². The van der Waals surface area contributed by atoms with Crippen LogP contribution in [0.5, 0.6) is 17.2 Å². The van der Waals surface area contributed by atoms with Crippen LogP contribution in [0.15, 0.2) is 77.3 Å². The normalized spacial score (nSPS) is 11.4. The highest BCUT2D eigenvalue weighted by molar-refractivity contribution is 9.10. The second-order valence-electron chi connectivity index (χ2n) is 6.48. The number of alkyl halides is 1. The summed E-state index contributed by atoms with van der Waals surface area (Å²) in [5.74, 6) is 1.47. The SMILES string of the molecule is O=C(O)NC[C@H](Oc1cc(OCc2ccccc2)ccc1Br)c1ccc(OCF)cc1. The Bertz CT molecular complexity index is 985. The maximum atomic E-state index is 12.3. The fourth-order valence-corrected chi connectivity index (χ4v) is 3.15. The summed E-state index contributed by atoms with van der Waals surface area (Å²) in [7, 11) is 0. The summed E-state index contributed by atoms with van der Waals surface area (Å²) in [6.07, 6.45) is -1.79. The molecule has 3 aromatic carbocycles. The number of ether oxygens (including phenoxy) is 3. The minimum Gasteiger partial charge on any atom is -0.489 e. The summed E-state index contributed by atoms with van der Waals surface area (Å²) in [5, 5.41) is 11.3. The first-order chi connectivity index (χ1) is 15.0. The second-order valence-corrected chi connectivity index (χ2v) is 7.34. The average molecular weight is 490 g/mol. The lowest BCUT2D eigenvalue weighted by molar-refractivity contribution is 0.171. The predicted octanol–water partition coefficient (Wildman–Crippen LogP) is 5.72. The summed E-state index contributed by atoms with van der Waals surface area (Å²) < 4.78 is 29.8. The molecular weight excluding hydrogens is 469 g/mol. The number of nitrogens with one attached hydrogen (secondary N) is 1. The molecule has 2 N–H and O–H groups in total. The highest BCUT2D eigenvalue weighted by atomic mass is 79.9. The molecule has 0 aliphatic carbocycles. The maximum absolute atomic E-state index is 12.3. The van der Waals surface area contributed by atoms with Crippen molar-refractivity contribution in [1.29, 1.82) is 0 Å². The molecule has 0 unspecified atom stereocenters. The van der Waals surface area contributed by atoms with Crippen LogP contribution in [0.25, 0.3) is 0 Å². The van der Waals surface area contributed by atoms with Crippen molar-refractivity contribution in [2.24, 2.45) is 0 Å². The lowest BCUT2D eigenvalue weighted by atomic mass is 10.1. The molecule has 0 radical (unpaired) electrons. The summed E-state index contributed by atoms with van der Waals surface area (Å²) in [6, 6.07) is 21.7. The third-order valence-electron chi connectivity index (χ3n) is 4.33. The summed E-state index contributed by atoms with van der Waals surface area (Å²) in [6.45, 7) is -0.509. The summed E-state index contributed by atoms with van der Waals surface area (Å²) >= 11 is 3.46. The first kappa shape index (κ1) is 22.4. The minimum atomic E-state index is -1.16. The average Bonchev–Trinajstić information content (AvgIpc) is 2.78. The van der Waals surface area contributed by atoms with Gasteiger partial charge in [0.15, 0.2) is 0 Å². The molecule has 31 heavy (non-hydrogen) atoms. The zero-order chi connectivity index (χ0) is 22.1. The maximum Gasteiger partial charge on any atom is 0.404 e.